The summed E-state index contributed by atoms with van der Waals surface area (Å²) in [5.41, 5.74) is 1.96. The summed E-state index contributed by atoms with van der Waals surface area (Å²) in [5.74, 6) is 3.37. The molecule has 6 heteroatoms. The lowest BCUT2D eigenvalue weighted by Gasteiger charge is -2.15. The zero-order chi connectivity index (χ0) is 16.2. The van der Waals surface area contributed by atoms with E-state index >= 15 is 0 Å². The third-order valence-electron chi connectivity index (χ3n) is 3.59. The third kappa shape index (κ3) is 3.06. The van der Waals surface area contributed by atoms with Crippen molar-refractivity contribution in [2.45, 2.75) is 6.54 Å². The van der Waals surface area contributed by atoms with Crippen molar-refractivity contribution in [3.05, 3.63) is 35.9 Å². The maximum absolute atomic E-state index is 5.38. The molecule has 0 unspecified atom stereocenters. The lowest BCUT2D eigenvalue weighted by atomic mass is 10.1. The summed E-state index contributed by atoms with van der Waals surface area (Å²) in [5, 5.41) is 3.34. The fraction of sp³-hybridized carbons (Fsp3) is 0.294. The van der Waals surface area contributed by atoms with Gasteiger partial charge in [-0.3, -0.25) is 0 Å². The maximum atomic E-state index is 5.38. The summed E-state index contributed by atoms with van der Waals surface area (Å²) in [6, 6.07) is 9.59. The Morgan fingerprint density at radius 3 is 2.26 bits per heavy atom. The van der Waals surface area contributed by atoms with Gasteiger partial charge in [0.15, 0.2) is 23.0 Å². The van der Waals surface area contributed by atoms with Gasteiger partial charge in [-0.05, 0) is 29.8 Å². The molecule has 23 heavy (non-hydrogen) atoms. The van der Waals surface area contributed by atoms with Crippen LogP contribution in [0, 0.1) is 0 Å². The number of hydrogen-bond donors (Lipinski definition) is 1. The van der Waals surface area contributed by atoms with E-state index in [-0.39, 0.29) is 6.79 Å². The molecule has 1 aliphatic rings. The lowest BCUT2D eigenvalue weighted by molar-refractivity contribution is 0.174. The van der Waals surface area contributed by atoms with E-state index in [1.165, 1.54) is 0 Å². The van der Waals surface area contributed by atoms with Gasteiger partial charge in [0, 0.05) is 18.3 Å². The highest BCUT2D eigenvalue weighted by molar-refractivity contribution is 5.57. The molecule has 0 atom stereocenters. The van der Waals surface area contributed by atoms with E-state index in [1.807, 2.05) is 30.3 Å². The first-order valence-corrected chi connectivity index (χ1v) is 7.17. The quantitative estimate of drug-likeness (QED) is 0.884. The summed E-state index contributed by atoms with van der Waals surface area (Å²) in [6.45, 7) is 0.877. The van der Waals surface area contributed by atoms with Crippen LogP contribution in [0.2, 0.25) is 0 Å². The maximum Gasteiger partial charge on any atom is 0.231 e. The van der Waals surface area contributed by atoms with E-state index in [0.717, 1.165) is 22.7 Å². The zero-order valence-electron chi connectivity index (χ0n) is 13.3. The largest absolute Gasteiger partial charge is 0.493 e. The molecule has 0 amide bonds. The third-order valence-corrected chi connectivity index (χ3v) is 3.59. The number of methoxy groups -OCH3 is 3. The molecule has 2 aromatic rings. The number of hydrogen-bond acceptors (Lipinski definition) is 6. The van der Waals surface area contributed by atoms with Gasteiger partial charge < -0.3 is 29.0 Å². The molecule has 0 radical (unpaired) electrons. The fourth-order valence-corrected chi connectivity index (χ4v) is 2.45. The van der Waals surface area contributed by atoms with Gasteiger partial charge in [0.2, 0.25) is 12.5 Å². The van der Waals surface area contributed by atoms with E-state index in [4.69, 9.17) is 23.7 Å². The van der Waals surface area contributed by atoms with Crippen LogP contribution in [0.5, 0.6) is 28.7 Å². The molecule has 1 heterocycles. The Kier molecular flexibility index (Phi) is 4.32. The van der Waals surface area contributed by atoms with Crippen molar-refractivity contribution in [3.8, 4) is 28.7 Å². The number of fused-ring (bicyclic) bond motifs is 1. The molecule has 0 aromatic heterocycles. The first-order valence-electron chi connectivity index (χ1n) is 7.17. The van der Waals surface area contributed by atoms with Gasteiger partial charge >= 0.3 is 0 Å². The Labute approximate surface area is 134 Å². The van der Waals surface area contributed by atoms with Gasteiger partial charge in [-0.1, -0.05) is 0 Å². The van der Waals surface area contributed by atoms with Crippen molar-refractivity contribution >= 4 is 5.69 Å². The number of rotatable bonds is 6. The second-order valence-electron chi connectivity index (χ2n) is 4.96. The smallest absolute Gasteiger partial charge is 0.231 e. The van der Waals surface area contributed by atoms with E-state index < -0.39 is 0 Å². The van der Waals surface area contributed by atoms with Gasteiger partial charge in [-0.15, -0.1) is 0 Å². The van der Waals surface area contributed by atoms with Crippen LogP contribution in [0.25, 0.3) is 0 Å². The monoisotopic (exact) mass is 317 g/mol. The Bertz CT molecular complexity index is 676. The fourth-order valence-electron chi connectivity index (χ4n) is 2.45. The molecule has 0 bridgehead atoms. The van der Waals surface area contributed by atoms with E-state index in [1.54, 1.807) is 21.3 Å². The van der Waals surface area contributed by atoms with Gasteiger partial charge in [0.05, 0.1) is 21.3 Å². The molecule has 0 fully saturated rings. The molecule has 3 rings (SSSR count). The van der Waals surface area contributed by atoms with Crippen LogP contribution in [0.3, 0.4) is 0 Å². The summed E-state index contributed by atoms with van der Waals surface area (Å²) in [7, 11) is 4.80. The summed E-state index contributed by atoms with van der Waals surface area (Å²) < 4.78 is 26.7. The molecule has 0 aliphatic carbocycles. The van der Waals surface area contributed by atoms with Crippen LogP contribution in [-0.4, -0.2) is 28.1 Å². The Hall–Kier alpha value is -2.76. The molecule has 122 valence electrons. The van der Waals surface area contributed by atoms with E-state index in [0.29, 0.717) is 23.8 Å². The second kappa shape index (κ2) is 6.56. The Balaban J connectivity index is 1.77. The highest BCUT2D eigenvalue weighted by atomic mass is 16.7. The molecular formula is C17H19NO5. The van der Waals surface area contributed by atoms with Crippen molar-refractivity contribution < 1.29 is 23.7 Å². The predicted molar refractivity (Wildman–Crippen MR) is 86.0 cm³/mol. The van der Waals surface area contributed by atoms with Gasteiger partial charge in [-0.25, -0.2) is 0 Å². The number of nitrogens with one attached hydrogen (secondary N) is 1. The second-order valence-corrected chi connectivity index (χ2v) is 4.96. The molecule has 1 N–H and O–H groups in total. The molecule has 2 aromatic carbocycles. The molecule has 6 nitrogen and oxygen atoms in total. The summed E-state index contributed by atoms with van der Waals surface area (Å²) in [6.07, 6.45) is 0. The minimum absolute atomic E-state index is 0.270. The van der Waals surface area contributed by atoms with Crippen LogP contribution in [-0.2, 0) is 6.54 Å². The SMILES string of the molecule is COc1cc(CNc2ccc3c(c2)OCO3)cc(OC)c1OC. The zero-order valence-corrected chi connectivity index (χ0v) is 13.3. The van der Waals surface area contributed by atoms with Crippen LogP contribution in [0.15, 0.2) is 30.3 Å². The number of ether oxygens (including phenoxy) is 5. The lowest BCUT2D eigenvalue weighted by Crippen LogP contribution is -2.02. The summed E-state index contributed by atoms with van der Waals surface area (Å²) >= 11 is 0. The summed E-state index contributed by atoms with van der Waals surface area (Å²) in [4.78, 5) is 0. The minimum Gasteiger partial charge on any atom is -0.493 e. The van der Waals surface area contributed by atoms with E-state index in [2.05, 4.69) is 5.32 Å². The van der Waals surface area contributed by atoms with Crippen LogP contribution >= 0.6 is 0 Å². The van der Waals surface area contributed by atoms with Gasteiger partial charge in [0.25, 0.3) is 0 Å². The highest BCUT2D eigenvalue weighted by Crippen LogP contribution is 2.38. The van der Waals surface area contributed by atoms with Crippen LogP contribution in [0.1, 0.15) is 5.56 Å². The normalized spacial score (nSPS) is 12.0. The highest BCUT2D eigenvalue weighted by Gasteiger charge is 2.15. The molecule has 0 saturated carbocycles. The number of benzene rings is 2. The van der Waals surface area contributed by atoms with E-state index in [9.17, 15) is 0 Å². The van der Waals surface area contributed by atoms with Crippen molar-refractivity contribution in [2.24, 2.45) is 0 Å². The number of anilines is 1. The first kappa shape index (κ1) is 15.1. The molecule has 1 aliphatic heterocycles. The Morgan fingerprint density at radius 1 is 0.913 bits per heavy atom. The van der Waals surface area contributed by atoms with Crippen molar-refractivity contribution in [3.63, 3.8) is 0 Å². The van der Waals surface area contributed by atoms with Gasteiger partial charge in [-0.2, -0.15) is 0 Å². The van der Waals surface area contributed by atoms with Crippen LogP contribution in [0.4, 0.5) is 5.69 Å². The van der Waals surface area contributed by atoms with Crippen molar-refractivity contribution in [1.82, 2.24) is 0 Å². The average Bonchev–Trinajstić information content (AvgIpc) is 3.06. The molecule has 0 spiro atoms. The minimum atomic E-state index is 0.270. The Morgan fingerprint density at radius 2 is 1.61 bits per heavy atom. The van der Waals surface area contributed by atoms with Crippen molar-refractivity contribution in [1.29, 1.82) is 0 Å². The first-order chi connectivity index (χ1) is 11.2. The van der Waals surface area contributed by atoms with Crippen molar-refractivity contribution in [2.75, 3.05) is 33.4 Å². The van der Waals surface area contributed by atoms with Gasteiger partial charge in [0.1, 0.15) is 0 Å². The standard InChI is InChI=1S/C17H19NO5/c1-19-15-6-11(7-16(20-2)17(15)21-3)9-18-12-4-5-13-14(8-12)23-10-22-13/h4-8,18H,9-10H2,1-3H3. The predicted octanol–water partition coefficient (Wildman–Crippen LogP) is 3.05. The van der Waals surface area contributed by atoms with Crippen LogP contribution < -0.4 is 29.0 Å². The molecular weight excluding hydrogens is 298 g/mol. The topological polar surface area (TPSA) is 58.2 Å². The average molecular weight is 317 g/mol. The molecule has 0 saturated heterocycles.